The Hall–Kier alpha value is -2.95. The predicted octanol–water partition coefficient (Wildman–Crippen LogP) is 3.99. The van der Waals surface area contributed by atoms with E-state index in [0.717, 1.165) is 16.9 Å². The van der Waals surface area contributed by atoms with Gasteiger partial charge in [0.05, 0.1) is 26.9 Å². The molecule has 0 fully saturated rings. The molecule has 0 aliphatic heterocycles. The van der Waals surface area contributed by atoms with Crippen molar-refractivity contribution in [2.45, 2.75) is 19.9 Å². The summed E-state index contributed by atoms with van der Waals surface area (Å²) in [7, 11) is 3.21. The molecule has 138 valence electrons. The lowest BCUT2D eigenvalue weighted by atomic mass is 10.1. The highest BCUT2D eigenvalue weighted by Crippen LogP contribution is 2.29. The van der Waals surface area contributed by atoms with Crippen LogP contribution >= 0.6 is 0 Å². The summed E-state index contributed by atoms with van der Waals surface area (Å²) in [5, 5.41) is 2.94. The van der Waals surface area contributed by atoms with Gasteiger partial charge < -0.3 is 19.5 Å². The van der Waals surface area contributed by atoms with Crippen LogP contribution in [0.1, 0.15) is 31.0 Å². The van der Waals surface area contributed by atoms with Crippen LogP contribution in [0.2, 0.25) is 0 Å². The monoisotopic (exact) mass is 355 g/mol. The van der Waals surface area contributed by atoms with Crippen molar-refractivity contribution >= 4 is 12.0 Å². The number of carbonyl (C=O) groups is 1. The number of amides is 1. The topological polar surface area (TPSA) is 56.8 Å². The van der Waals surface area contributed by atoms with Crippen LogP contribution in [0.5, 0.6) is 17.2 Å². The average molecular weight is 355 g/mol. The fraction of sp³-hybridized carbons (Fsp3) is 0.286. The largest absolute Gasteiger partial charge is 0.497 e. The van der Waals surface area contributed by atoms with Gasteiger partial charge >= 0.3 is 0 Å². The van der Waals surface area contributed by atoms with Crippen LogP contribution < -0.4 is 19.5 Å². The number of rotatable bonds is 8. The van der Waals surface area contributed by atoms with Crippen molar-refractivity contribution in [3.8, 4) is 17.2 Å². The molecule has 0 heterocycles. The van der Waals surface area contributed by atoms with E-state index in [9.17, 15) is 4.79 Å². The normalized spacial score (nSPS) is 11.8. The highest BCUT2D eigenvalue weighted by molar-refractivity contribution is 5.92. The van der Waals surface area contributed by atoms with Crippen LogP contribution in [-0.4, -0.2) is 26.7 Å². The van der Waals surface area contributed by atoms with Gasteiger partial charge in [0.25, 0.3) is 0 Å². The first-order chi connectivity index (χ1) is 12.6. The second-order valence-electron chi connectivity index (χ2n) is 5.67. The molecule has 0 bridgehead atoms. The molecule has 2 aromatic carbocycles. The molecule has 5 nitrogen and oxygen atoms in total. The van der Waals surface area contributed by atoms with Crippen LogP contribution in [-0.2, 0) is 4.79 Å². The summed E-state index contributed by atoms with van der Waals surface area (Å²) in [4.78, 5) is 12.2. The molecule has 2 rings (SSSR count). The van der Waals surface area contributed by atoms with E-state index in [4.69, 9.17) is 14.2 Å². The minimum absolute atomic E-state index is 0.184. The van der Waals surface area contributed by atoms with Crippen molar-refractivity contribution in [3.63, 3.8) is 0 Å². The summed E-state index contributed by atoms with van der Waals surface area (Å²) in [6, 6.07) is 12.9. The number of benzene rings is 2. The highest BCUT2D eigenvalue weighted by atomic mass is 16.5. The van der Waals surface area contributed by atoms with Crippen molar-refractivity contribution in [3.05, 3.63) is 59.7 Å². The van der Waals surface area contributed by atoms with Crippen LogP contribution in [0.4, 0.5) is 0 Å². The molecular formula is C21H25NO4. The molecule has 0 saturated carbocycles. The van der Waals surface area contributed by atoms with Crippen LogP contribution in [0.15, 0.2) is 48.5 Å². The lowest BCUT2D eigenvalue weighted by Gasteiger charge is -2.17. The van der Waals surface area contributed by atoms with E-state index >= 15 is 0 Å². The van der Waals surface area contributed by atoms with E-state index in [0.29, 0.717) is 18.1 Å². The third kappa shape index (κ3) is 5.28. The van der Waals surface area contributed by atoms with Gasteiger partial charge in [-0.15, -0.1) is 0 Å². The Morgan fingerprint density at radius 3 is 2.38 bits per heavy atom. The number of hydrogen-bond donors (Lipinski definition) is 1. The number of nitrogens with one attached hydrogen (secondary N) is 1. The van der Waals surface area contributed by atoms with Crippen molar-refractivity contribution in [2.75, 3.05) is 20.8 Å². The molecule has 0 aliphatic carbocycles. The first-order valence-electron chi connectivity index (χ1n) is 8.50. The predicted molar refractivity (Wildman–Crippen MR) is 103 cm³/mol. The molecule has 1 atom stereocenters. The second kappa shape index (κ2) is 9.51. The van der Waals surface area contributed by atoms with Gasteiger partial charge in [-0.3, -0.25) is 4.79 Å². The molecule has 0 radical (unpaired) electrons. The fourth-order valence-electron chi connectivity index (χ4n) is 2.53. The molecule has 0 aromatic heterocycles. The summed E-state index contributed by atoms with van der Waals surface area (Å²) in [5.41, 5.74) is 1.78. The Balaban J connectivity index is 2.02. The zero-order chi connectivity index (χ0) is 18.9. The van der Waals surface area contributed by atoms with Crippen molar-refractivity contribution in [2.24, 2.45) is 0 Å². The maximum Gasteiger partial charge on any atom is 0.244 e. The minimum Gasteiger partial charge on any atom is -0.497 e. The molecule has 26 heavy (non-hydrogen) atoms. The first-order valence-corrected chi connectivity index (χ1v) is 8.50. The summed E-state index contributed by atoms with van der Waals surface area (Å²) >= 11 is 0. The highest BCUT2D eigenvalue weighted by Gasteiger charge is 2.14. The van der Waals surface area contributed by atoms with Crippen molar-refractivity contribution in [1.29, 1.82) is 0 Å². The fourth-order valence-corrected chi connectivity index (χ4v) is 2.53. The molecule has 2 aromatic rings. The number of hydrogen-bond acceptors (Lipinski definition) is 4. The Kier molecular flexibility index (Phi) is 7.09. The summed E-state index contributed by atoms with van der Waals surface area (Å²) in [6.07, 6.45) is 3.28. The van der Waals surface area contributed by atoms with Crippen molar-refractivity contribution in [1.82, 2.24) is 5.32 Å². The van der Waals surface area contributed by atoms with Crippen LogP contribution in [0.25, 0.3) is 6.08 Å². The molecule has 0 aliphatic rings. The van der Waals surface area contributed by atoms with Gasteiger partial charge in [-0.2, -0.15) is 0 Å². The van der Waals surface area contributed by atoms with Crippen molar-refractivity contribution < 1.29 is 19.0 Å². The van der Waals surface area contributed by atoms with Gasteiger partial charge in [-0.05, 0) is 55.8 Å². The standard InChI is InChI=1S/C21H25NO4/c1-5-26-17-9-6-16(7-10-17)8-13-21(23)22-15(2)19-14-18(24-3)11-12-20(19)25-4/h6-15H,5H2,1-4H3,(H,22,23)/b13-8+. The summed E-state index contributed by atoms with van der Waals surface area (Å²) in [5.74, 6) is 2.05. The van der Waals surface area contributed by atoms with E-state index < -0.39 is 0 Å². The summed E-state index contributed by atoms with van der Waals surface area (Å²) in [6.45, 7) is 4.47. The minimum atomic E-state index is -0.225. The second-order valence-corrected chi connectivity index (χ2v) is 5.67. The molecule has 1 unspecified atom stereocenters. The Morgan fingerprint density at radius 1 is 1.08 bits per heavy atom. The van der Waals surface area contributed by atoms with E-state index in [-0.39, 0.29) is 11.9 Å². The molecular weight excluding hydrogens is 330 g/mol. The Morgan fingerprint density at radius 2 is 1.77 bits per heavy atom. The SMILES string of the molecule is CCOc1ccc(/C=C/C(=O)NC(C)c2cc(OC)ccc2OC)cc1. The van der Waals surface area contributed by atoms with Gasteiger partial charge in [0.15, 0.2) is 0 Å². The van der Waals surface area contributed by atoms with Gasteiger partial charge in [-0.25, -0.2) is 0 Å². The lowest BCUT2D eigenvalue weighted by molar-refractivity contribution is -0.117. The van der Waals surface area contributed by atoms with Gasteiger partial charge in [0.1, 0.15) is 17.2 Å². The molecule has 1 N–H and O–H groups in total. The zero-order valence-electron chi connectivity index (χ0n) is 15.6. The van der Waals surface area contributed by atoms with E-state index in [1.165, 1.54) is 6.08 Å². The Labute approximate surface area is 154 Å². The van der Waals surface area contributed by atoms with E-state index in [1.54, 1.807) is 20.3 Å². The number of carbonyl (C=O) groups excluding carboxylic acids is 1. The molecule has 0 spiro atoms. The van der Waals surface area contributed by atoms with Gasteiger partial charge in [0.2, 0.25) is 5.91 Å². The molecule has 1 amide bonds. The number of methoxy groups -OCH3 is 2. The van der Waals surface area contributed by atoms with Crippen LogP contribution in [0, 0.1) is 0 Å². The first kappa shape index (κ1) is 19.4. The molecule has 5 heteroatoms. The maximum absolute atomic E-state index is 12.2. The molecule has 0 saturated heterocycles. The lowest BCUT2D eigenvalue weighted by Crippen LogP contribution is -2.25. The average Bonchev–Trinajstić information content (AvgIpc) is 2.67. The maximum atomic E-state index is 12.2. The smallest absolute Gasteiger partial charge is 0.244 e. The van der Waals surface area contributed by atoms with Crippen LogP contribution in [0.3, 0.4) is 0 Å². The van der Waals surface area contributed by atoms with E-state index in [2.05, 4.69) is 5.32 Å². The van der Waals surface area contributed by atoms with Gasteiger partial charge in [-0.1, -0.05) is 12.1 Å². The zero-order valence-corrected chi connectivity index (χ0v) is 15.6. The summed E-state index contributed by atoms with van der Waals surface area (Å²) < 4.78 is 16.0. The third-order valence-electron chi connectivity index (χ3n) is 3.88. The quantitative estimate of drug-likeness (QED) is 0.728. The Bertz CT molecular complexity index is 753. The number of ether oxygens (including phenoxy) is 3. The van der Waals surface area contributed by atoms with E-state index in [1.807, 2.05) is 56.3 Å². The van der Waals surface area contributed by atoms with Gasteiger partial charge in [0, 0.05) is 11.6 Å². The third-order valence-corrected chi connectivity index (χ3v) is 3.88.